The number of aryl methyl sites for hydroxylation is 1. The number of methoxy groups -OCH3 is 2. The fourth-order valence-electron chi connectivity index (χ4n) is 3.65. The van der Waals surface area contributed by atoms with Crippen molar-refractivity contribution in [2.24, 2.45) is 0 Å². The van der Waals surface area contributed by atoms with Gasteiger partial charge in [0, 0.05) is 22.4 Å². The minimum absolute atomic E-state index is 0.124. The number of benzene rings is 1. The first-order valence-corrected chi connectivity index (χ1v) is 13.4. The number of sulfonamides is 1. The van der Waals surface area contributed by atoms with Gasteiger partial charge in [0.15, 0.2) is 5.82 Å². The van der Waals surface area contributed by atoms with E-state index in [0.717, 1.165) is 4.47 Å². The summed E-state index contributed by atoms with van der Waals surface area (Å²) >= 11 is 3.36. The molecule has 0 fully saturated rings. The Morgan fingerprint density at radius 3 is 2.35 bits per heavy atom. The van der Waals surface area contributed by atoms with Crippen LogP contribution in [0.15, 0.2) is 59.3 Å². The van der Waals surface area contributed by atoms with Crippen molar-refractivity contribution in [2.75, 3.05) is 18.9 Å². The molecule has 0 aliphatic carbocycles. The Morgan fingerprint density at radius 1 is 1.05 bits per heavy atom. The number of nitrogens with one attached hydrogen (secondary N) is 1. The number of halogens is 1. The highest BCUT2D eigenvalue weighted by atomic mass is 79.9. The molecule has 1 aromatic carbocycles. The maximum Gasteiger partial charge on any atom is 0.243 e. The molecule has 0 radical (unpaired) electrons. The average molecular weight is 589 g/mol. The van der Waals surface area contributed by atoms with E-state index in [1.165, 1.54) is 25.7 Å². The number of aromatic nitrogens is 5. The number of hydrogen-bond acceptors (Lipinski definition) is 9. The minimum atomic E-state index is -4.19. The third-order valence-corrected chi connectivity index (χ3v) is 8.26. The van der Waals surface area contributed by atoms with Gasteiger partial charge in [0.25, 0.3) is 0 Å². The van der Waals surface area contributed by atoms with Crippen molar-refractivity contribution >= 4 is 31.9 Å². The topological polar surface area (TPSA) is 141 Å². The Morgan fingerprint density at radius 2 is 1.76 bits per heavy atom. The zero-order valence-electron chi connectivity index (χ0n) is 20.5. The molecule has 3 heterocycles. The second kappa shape index (κ2) is 10.8. The summed E-state index contributed by atoms with van der Waals surface area (Å²) in [7, 11) is -1.22. The van der Waals surface area contributed by atoms with Gasteiger partial charge in [-0.2, -0.15) is 0 Å². The highest BCUT2D eigenvalue weighted by Crippen LogP contribution is 2.38. The van der Waals surface area contributed by atoms with E-state index in [1.807, 2.05) is 0 Å². The molecule has 13 heteroatoms. The Labute approximate surface area is 222 Å². The van der Waals surface area contributed by atoms with Gasteiger partial charge < -0.3 is 14.6 Å². The lowest BCUT2D eigenvalue weighted by Gasteiger charge is -2.21. The van der Waals surface area contributed by atoms with Crippen molar-refractivity contribution in [3.63, 3.8) is 0 Å². The fraction of sp³-hybridized carbons (Fsp3) is 0.250. The molecule has 0 unspecified atom stereocenters. The zero-order chi connectivity index (χ0) is 26.7. The molecular formula is C24H25BrN6O5S. The Kier molecular flexibility index (Phi) is 7.76. The van der Waals surface area contributed by atoms with Crippen molar-refractivity contribution in [3.05, 3.63) is 70.7 Å². The standard InChI is InChI=1S/C24H25BrN6O5S/c1-14-17(25)10-11-18(27-14)22(32)15(2)37(33,34)30-24-29-28-23(16-7-6-12-26-13-16)31(24)21-19(35-3)8-5-9-20(21)36-4/h5-13,15,22,32H,1-4H3,(H,29,30)/t15-,22-/m1/s1. The summed E-state index contributed by atoms with van der Waals surface area (Å²) in [5.74, 6) is 0.965. The molecule has 0 saturated heterocycles. The molecule has 3 aromatic heterocycles. The number of para-hydroxylation sites is 1. The van der Waals surface area contributed by atoms with Gasteiger partial charge >= 0.3 is 0 Å². The molecule has 11 nitrogen and oxygen atoms in total. The van der Waals surface area contributed by atoms with E-state index in [4.69, 9.17) is 9.47 Å². The minimum Gasteiger partial charge on any atom is -0.494 e. The summed E-state index contributed by atoms with van der Waals surface area (Å²) < 4.78 is 42.7. The Hall–Kier alpha value is -3.55. The van der Waals surface area contributed by atoms with Gasteiger partial charge in [-0.3, -0.25) is 19.3 Å². The zero-order valence-corrected chi connectivity index (χ0v) is 22.9. The normalized spacial score (nSPS) is 13.1. The van der Waals surface area contributed by atoms with Crippen LogP contribution in [0.5, 0.6) is 11.5 Å². The number of nitrogens with zero attached hydrogens (tertiary/aromatic N) is 5. The number of hydrogen-bond donors (Lipinski definition) is 2. The Balaban J connectivity index is 1.81. The van der Waals surface area contributed by atoms with Crippen LogP contribution >= 0.6 is 15.9 Å². The number of aliphatic hydroxyl groups excluding tert-OH is 1. The first-order chi connectivity index (χ1) is 17.7. The fourth-order valence-corrected chi connectivity index (χ4v) is 4.93. The van der Waals surface area contributed by atoms with Crippen LogP contribution < -0.4 is 14.2 Å². The van der Waals surface area contributed by atoms with E-state index in [-0.39, 0.29) is 11.6 Å². The molecule has 37 heavy (non-hydrogen) atoms. The van der Waals surface area contributed by atoms with Gasteiger partial charge in [-0.25, -0.2) is 8.42 Å². The summed E-state index contributed by atoms with van der Waals surface area (Å²) in [6, 6.07) is 11.9. The van der Waals surface area contributed by atoms with Crippen LogP contribution in [-0.4, -0.2) is 57.7 Å². The van der Waals surface area contributed by atoms with E-state index in [0.29, 0.717) is 34.3 Å². The van der Waals surface area contributed by atoms with E-state index >= 15 is 0 Å². The predicted molar refractivity (Wildman–Crippen MR) is 141 cm³/mol. The van der Waals surface area contributed by atoms with E-state index in [2.05, 4.69) is 40.8 Å². The first kappa shape index (κ1) is 26.5. The molecule has 194 valence electrons. The van der Waals surface area contributed by atoms with Gasteiger partial charge in [0.2, 0.25) is 16.0 Å². The maximum atomic E-state index is 13.4. The van der Waals surface area contributed by atoms with Crippen molar-refractivity contribution in [2.45, 2.75) is 25.2 Å². The lowest BCUT2D eigenvalue weighted by atomic mass is 10.1. The van der Waals surface area contributed by atoms with E-state index in [1.54, 1.807) is 61.8 Å². The number of aliphatic hydroxyl groups is 1. The van der Waals surface area contributed by atoms with Gasteiger partial charge in [-0.1, -0.05) is 6.07 Å². The number of pyridine rings is 2. The lowest BCUT2D eigenvalue weighted by molar-refractivity contribution is 0.171. The van der Waals surface area contributed by atoms with Crippen LogP contribution in [0.4, 0.5) is 5.95 Å². The maximum absolute atomic E-state index is 13.4. The Bertz CT molecular complexity index is 1490. The predicted octanol–water partition coefficient (Wildman–Crippen LogP) is 3.68. The molecule has 0 saturated carbocycles. The van der Waals surface area contributed by atoms with Crippen LogP contribution in [0.2, 0.25) is 0 Å². The average Bonchev–Trinajstić information content (AvgIpc) is 3.31. The van der Waals surface area contributed by atoms with Crippen molar-refractivity contribution in [1.29, 1.82) is 0 Å². The largest absolute Gasteiger partial charge is 0.494 e. The molecule has 4 rings (SSSR count). The second-order valence-corrected chi connectivity index (χ2v) is 10.9. The third kappa shape index (κ3) is 5.29. The number of anilines is 1. The molecule has 4 aromatic rings. The monoisotopic (exact) mass is 588 g/mol. The summed E-state index contributed by atoms with van der Waals surface area (Å²) in [5.41, 5.74) is 1.81. The molecular weight excluding hydrogens is 564 g/mol. The van der Waals surface area contributed by atoms with Gasteiger partial charge in [-0.15, -0.1) is 10.2 Å². The van der Waals surface area contributed by atoms with E-state index < -0.39 is 21.4 Å². The van der Waals surface area contributed by atoms with E-state index in [9.17, 15) is 13.5 Å². The quantitative estimate of drug-likeness (QED) is 0.299. The van der Waals surface area contributed by atoms with Crippen LogP contribution in [0.3, 0.4) is 0 Å². The highest BCUT2D eigenvalue weighted by molar-refractivity contribution is 9.10. The summed E-state index contributed by atoms with van der Waals surface area (Å²) in [6.07, 6.45) is 1.78. The highest BCUT2D eigenvalue weighted by Gasteiger charge is 2.33. The summed E-state index contributed by atoms with van der Waals surface area (Å²) in [5, 5.41) is 17.9. The summed E-state index contributed by atoms with van der Waals surface area (Å²) in [4.78, 5) is 8.44. The molecule has 2 atom stereocenters. The smallest absolute Gasteiger partial charge is 0.243 e. The van der Waals surface area contributed by atoms with Gasteiger partial charge in [0.05, 0.1) is 25.6 Å². The van der Waals surface area contributed by atoms with Crippen LogP contribution in [0.25, 0.3) is 17.1 Å². The first-order valence-electron chi connectivity index (χ1n) is 11.1. The number of ether oxygens (including phenoxy) is 2. The van der Waals surface area contributed by atoms with Gasteiger partial charge in [-0.05, 0) is 66.2 Å². The van der Waals surface area contributed by atoms with Crippen LogP contribution in [0.1, 0.15) is 24.4 Å². The van der Waals surface area contributed by atoms with Gasteiger partial charge in [0.1, 0.15) is 28.5 Å². The summed E-state index contributed by atoms with van der Waals surface area (Å²) in [6.45, 7) is 3.14. The SMILES string of the molecule is COc1cccc(OC)c1-n1c(NS(=O)(=O)[C@H](C)[C@@H](O)c2ccc(Br)c(C)n2)nnc1-c1cccnc1. The molecule has 0 aliphatic heterocycles. The lowest BCUT2D eigenvalue weighted by Crippen LogP contribution is -2.32. The second-order valence-electron chi connectivity index (χ2n) is 8.04. The third-order valence-electron chi connectivity index (χ3n) is 5.72. The van der Waals surface area contributed by atoms with Crippen molar-refractivity contribution in [3.8, 4) is 28.6 Å². The molecule has 0 aliphatic rings. The van der Waals surface area contributed by atoms with Crippen molar-refractivity contribution < 1.29 is 23.0 Å². The van der Waals surface area contributed by atoms with Crippen molar-refractivity contribution in [1.82, 2.24) is 24.7 Å². The van der Waals surface area contributed by atoms with Crippen LogP contribution in [0, 0.1) is 6.92 Å². The molecule has 2 N–H and O–H groups in total. The molecule has 0 amide bonds. The van der Waals surface area contributed by atoms with Crippen LogP contribution in [-0.2, 0) is 10.0 Å². The molecule has 0 bridgehead atoms. The molecule has 0 spiro atoms. The number of rotatable bonds is 9.